The Hall–Kier alpha value is -1.20. The first-order chi connectivity index (χ1) is 9.06. The molecule has 0 spiro atoms. The van der Waals surface area contributed by atoms with E-state index in [9.17, 15) is 9.18 Å². The first kappa shape index (κ1) is 14.2. The molecule has 2 rings (SSSR count). The molecule has 0 saturated heterocycles. The van der Waals surface area contributed by atoms with Crippen molar-refractivity contribution in [1.29, 1.82) is 0 Å². The first-order valence-corrected chi connectivity index (χ1v) is 7.01. The molecule has 0 aliphatic heterocycles. The van der Waals surface area contributed by atoms with Crippen LogP contribution < -0.4 is 4.74 Å². The molecule has 0 aliphatic carbocycles. The standard InChI is InChI=1S/C14H9Br2FO2/c15-10-3-1-9(2-4-10)14(18)8-19-11-5-6-12(16)13(17)7-11/h1-7H,8H2. The Morgan fingerprint density at radius 2 is 1.79 bits per heavy atom. The zero-order chi connectivity index (χ0) is 13.8. The van der Waals surface area contributed by atoms with Crippen molar-refractivity contribution in [3.8, 4) is 5.75 Å². The van der Waals surface area contributed by atoms with Crippen molar-refractivity contribution in [1.82, 2.24) is 0 Å². The first-order valence-electron chi connectivity index (χ1n) is 5.43. The van der Waals surface area contributed by atoms with Crippen molar-refractivity contribution < 1.29 is 13.9 Å². The van der Waals surface area contributed by atoms with Crippen LogP contribution in [0.25, 0.3) is 0 Å². The fourth-order valence-corrected chi connectivity index (χ4v) is 1.95. The van der Waals surface area contributed by atoms with Gasteiger partial charge in [-0.2, -0.15) is 0 Å². The highest BCUT2D eigenvalue weighted by Crippen LogP contribution is 2.21. The van der Waals surface area contributed by atoms with Gasteiger partial charge in [0.15, 0.2) is 12.4 Å². The minimum absolute atomic E-state index is 0.122. The van der Waals surface area contributed by atoms with Crippen LogP contribution in [0.5, 0.6) is 5.75 Å². The zero-order valence-corrected chi connectivity index (χ0v) is 12.9. The summed E-state index contributed by atoms with van der Waals surface area (Å²) in [5, 5.41) is 0. The van der Waals surface area contributed by atoms with E-state index in [1.165, 1.54) is 12.1 Å². The Balaban J connectivity index is 2.00. The van der Waals surface area contributed by atoms with E-state index in [0.717, 1.165) is 4.47 Å². The summed E-state index contributed by atoms with van der Waals surface area (Å²) >= 11 is 6.35. The molecule has 0 heterocycles. The summed E-state index contributed by atoms with van der Waals surface area (Å²) in [6, 6.07) is 11.4. The minimum atomic E-state index is -0.423. The summed E-state index contributed by atoms with van der Waals surface area (Å²) < 4.78 is 19.8. The van der Waals surface area contributed by atoms with Gasteiger partial charge >= 0.3 is 0 Å². The van der Waals surface area contributed by atoms with Gasteiger partial charge in [-0.3, -0.25) is 4.79 Å². The van der Waals surface area contributed by atoms with E-state index in [4.69, 9.17) is 4.74 Å². The van der Waals surface area contributed by atoms with Gasteiger partial charge in [0.25, 0.3) is 0 Å². The lowest BCUT2D eigenvalue weighted by atomic mass is 10.1. The number of benzene rings is 2. The second-order valence-electron chi connectivity index (χ2n) is 3.79. The molecule has 2 aromatic rings. The van der Waals surface area contributed by atoms with Gasteiger partial charge in [0.1, 0.15) is 11.6 Å². The largest absolute Gasteiger partial charge is 0.485 e. The number of ketones is 1. The highest BCUT2D eigenvalue weighted by atomic mass is 79.9. The average Bonchev–Trinajstić information content (AvgIpc) is 2.40. The van der Waals surface area contributed by atoms with Gasteiger partial charge in [-0.05, 0) is 40.2 Å². The minimum Gasteiger partial charge on any atom is -0.485 e. The second-order valence-corrected chi connectivity index (χ2v) is 5.56. The summed E-state index contributed by atoms with van der Waals surface area (Å²) in [6.07, 6.45) is 0. The molecule has 19 heavy (non-hydrogen) atoms. The molecule has 0 aliphatic rings. The van der Waals surface area contributed by atoms with Crippen molar-refractivity contribution in [2.75, 3.05) is 6.61 Å². The van der Waals surface area contributed by atoms with Gasteiger partial charge < -0.3 is 4.74 Å². The molecule has 2 nitrogen and oxygen atoms in total. The molecule has 98 valence electrons. The number of hydrogen-bond acceptors (Lipinski definition) is 2. The zero-order valence-electron chi connectivity index (χ0n) is 9.70. The van der Waals surface area contributed by atoms with E-state index in [1.807, 2.05) is 0 Å². The maximum Gasteiger partial charge on any atom is 0.200 e. The SMILES string of the molecule is O=C(COc1ccc(Br)c(F)c1)c1ccc(Br)cc1. The van der Waals surface area contributed by atoms with Crippen LogP contribution >= 0.6 is 31.9 Å². The Morgan fingerprint density at radius 1 is 1.11 bits per heavy atom. The summed E-state index contributed by atoms with van der Waals surface area (Å²) in [4.78, 5) is 11.8. The lowest BCUT2D eigenvalue weighted by molar-refractivity contribution is 0.0921. The van der Waals surface area contributed by atoms with Gasteiger partial charge in [0.05, 0.1) is 4.47 Å². The van der Waals surface area contributed by atoms with Gasteiger partial charge in [0.2, 0.25) is 0 Å². The number of Topliss-reactive ketones (excluding diaryl/α,β-unsaturated/α-hetero) is 1. The number of ether oxygens (including phenoxy) is 1. The normalized spacial score (nSPS) is 10.3. The molecular weight excluding hydrogens is 379 g/mol. The maximum atomic E-state index is 13.3. The number of carbonyl (C=O) groups is 1. The number of halogens is 3. The van der Waals surface area contributed by atoms with Crippen LogP contribution in [0.4, 0.5) is 4.39 Å². The summed E-state index contributed by atoms with van der Waals surface area (Å²) in [6.45, 7) is -0.122. The van der Waals surface area contributed by atoms with Crippen LogP contribution in [-0.2, 0) is 0 Å². The summed E-state index contributed by atoms with van der Waals surface area (Å²) in [5.41, 5.74) is 0.556. The Bertz CT molecular complexity index is 597. The van der Waals surface area contributed by atoms with E-state index in [1.54, 1.807) is 30.3 Å². The third-order valence-corrected chi connectivity index (χ3v) is 3.60. The van der Waals surface area contributed by atoms with Crippen LogP contribution in [0.1, 0.15) is 10.4 Å². The van der Waals surface area contributed by atoms with Gasteiger partial charge in [-0.1, -0.05) is 28.1 Å². The summed E-state index contributed by atoms with van der Waals surface area (Å²) in [7, 11) is 0. The smallest absolute Gasteiger partial charge is 0.200 e. The highest BCUT2D eigenvalue weighted by molar-refractivity contribution is 9.10. The number of carbonyl (C=O) groups excluding carboxylic acids is 1. The lowest BCUT2D eigenvalue weighted by Gasteiger charge is -2.06. The quantitative estimate of drug-likeness (QED) is 0.716. The Labute approximate surface area is 126 Å². The fourth-order valence-electron chi connectivity index (χ4n) is 1.43. The van der Waals surface area contributed by atoms with Crippen molar-refractivity contribution >= 4 is 37.6 Å². The van der Waals surface area contributed by atoms with Crippen LogP contribution in [0.3, 0.4) is 0 Å². The Kier molecular flexibility index (Phi) is 4.71. The molecular formula is C14H9Br2FO2. The predicted molar refractivity (Wildman–Crippen MR) is 78.1 cm³/mol. The van der Waals surface area contributed by atoms with E-state index >= 15 is 0 Å². The van der Waals surface area contributed by atoms with Crippen LogP contribution in [-0.4, -0.2) is 12.4 Å². The molecule has 0 fully saturated rings. The maximum absolute atomic E-state index is 13.3. The molecule has 0 N–H and O–H groups in total. The molecule has 0 bridgehead atoms. The molecule has 0 radical (unpaired) electrons. The van der Waals surface area contributed by atoms with Gasteiger partial charge in [0, 0.05) is 16.1 Å². The molecule has 5 heteroatoms. The van der Waals surface area contributed by atoms with Crippen molar-refractivity contribution in [2.45, 2.75) is 0 Å². The van der Waals surface area contributed by atoms with Gasteiger partial charge in [-0.15, -0.1) is 0 Å². The second kappa shape index (κ2) is 6.30. The number of hydrogen-bond donors (Lipinski definition) is 0. The van der Waals surface area contributed by atoms with Crippen LogP contribution in [0.2, 0.25) is 0 Å². The van der Waals surface area contributed by atoms with Crippen LogP contribution in [0, 0.1) is 5.82 Å². The molecule has 0 unspecified atom stereocenters. The van der Waals surface area contributed by atoms with Crippen LogP contribution in [0.15, 0.2) is 51.4 Å². The molecule has 2 aromatic carbocycles. The third kappa shape index (κ3) is 3.88. The average molecular weight is 388 g/mol. The van der Waals surface area contributed by atoms with Gasteiger partial charge in [-0.25, -0.2) is 4.39 Å². The topological polar surface area (TPSA) is 26.3 Å². The van der Waals surface area contributed by atoms with E-state index < -0.39 is 5.82 Å². The van der Waals surface area contributed by atoms with E-state index in [2.05, 4.69) is 31.9 Å². The predicted octanol–water partition coefficient (Wildman–Crippen LogP) is 4.61. The Morgan fingerprint density at radius 3 is 2.42 bits per heavy atom. The van der Waals surface area contributed by atoms with E-state index in [0.29, 0.717) is 15.8 Å². The molecule has 0 amide bonds. The fraction of sp³-hybridized carbons (Fsp3) is 0.0714. The molecule has 0 atom stereocenters. The monoisotopic (exact) mass is 386 g/mol. The number of rotatable bonds is 4. The third-order valence-electron chi connectivity index (χ3n) is 2.43. The lowest BCUT2D eigenvalue weighted by Crippen LogP contribution is -2.11. The summed E-state index contributed by atoms with van der Waals surface area (Å²) in [5.74, 6) is -0.254. The van der Waals surface area contributed by atoms with E-state index in [-0.39, 0.29) is 12.4 Å². The van der Waals surface area contributed by atoms with Crippen molar-refractivity contribution in [3.05, 3.63) is 62.8 Å². The molecule has 0 saturated carbocycles. The van der Waals surface area contributed by atoms with Crippen molar-refractivity contribution in [3.63, 3.8) is 0 Å². The van der Waals surface area contributed by atoms with Crippen molar-refractivity contribution in [2.24, 2.45) is 0 Å². The highest BCUT2D eigenvalue weighted by Gasteiger charge is 2.08. The molecule has 0 aromatic heterocycles.